The van der Waals surface area contributed by atoms with E-state index >= 15 is 0 Å². The number of benzene rings is 1. The van der Waals surface area contributed by atoms with Gasteiger partial charge in [0.2, 0.25) is 0 Å². The Morgan fingerprint density at radius 1 is 1.26 bits per heavy atom. The van der Waals surface area contributed by atoms with E-state index in [9.17, 15) is 4.79 Å². The summed E-state index contributed by atoms with van der Waals surface area (Å²) in [6.07, 6.45) is 5.09. The third-order valence-electron chi connectivity index (χ3n) is 3.72. The van der Waals surface area contributed by atoms with E-state index in [0.717, 1.165) is 12.0 Å². The summed E-state index contributed by atoms with van der Waals surface area (Å²) in [5, 5.41) is 2.96. The van der Waals surface area contributed by atoms with Gasteiger partial charge in [-0.1, -0.05) is 18.2 Å². The number of aryl methyl sites for hydroxylation is 2. The summed E-state index contributed by atoms with van der Waals surface area (Å²) in [5.74, 6) is 0.186. The summed E-state index contributed by atoms with van der Waals surface area (Å²) in [5.41, 5.74) is 4.03. The van der Waals surface area contributed by atoms with Crippen LogP contribution >= 0.6 is 0 Å². The second-order valence-corrected chi connectivity index (χ2v) is 5.05. The lowest BCUT2D eigenvalue weighted by Crippen LogP contribution is -2.26. The molecule has 0 unspecified atom stereocenters. The van der Waals surface area contributed by atoms with E-state index in [4.69, 9.17) is 4.42 Å². The first-order chi connectivity index (χ1) is 9.24. The maximum atomic E-state index is 11.9. The number of carbonyl (C=O) groups is 1. The van der Waals surface area contributed by atoms with E-state index in [1.165, 1.54) is 30.2 Å². The number of hydrogen-bond acceptors (Lipinski definition) is 2. The fourth-order valence-corrected chi connectivity index (χ4v) is 2.62. The molecule has 3 heteroatoms. The second-order valence-electron chi connectivity index (χ2n) is 5.05. The molecule has 1 aliphatic carbocycles. The van der Waals surface area contributed by atoms with Gasteiger partial charge in [0.1, 0.15) is 0 Å². The fourth-order valence-electron chi connectivity index (χ4n) is 2.62. The summed E-state index contributed by atoms with van der Waals surface area (Å²) in [6.45, 7) is 2.00. The van der Waals surface area contributed by atoms with Crippen molar-refractivity contribution < 1.29 is 9.21 Å². The molecular weight excluding hydrogens is 238 g/mol. The molecule has 0 saturated heterocycles. The number of furan rings is 1. The summed E-state index contributed by atoms with van der Waals surface area (Å²) in [6, 6.07) is 9.89. The molecule has 0 bridgehead atoms. The Balaban J connectivity index is 1.73. The molecule has 0 radical (unpaired) electrons. The van der Waals surface area contributed by atoms with Crippen LogP contribution in [0.5, 0.6) is 0 Å². The normalized spacial score (nSPS) is 15.0. The summed E-state index contributed by atoms with van der Waals surface area (Å²) < 4.78 is 5.09. The van der Waals surface area contributed by atoms with Gasteiger partial charge in [-0.2, -0.15) is 0 Å². The summed E-state index contributed by atoms with van der Waals surface area (Å²) in [7, 11) is 0. The Labute approximate surface area is 112 Å². The molecule has 3 rings (SSSR count). The molecule has 0 aliphatic heterocycles. The zero-order valence-corrected chi connectivity index (χ0v) is 11.0. The highest BCUT2D eigenvalue weighted by Crippen LogP contribution is 2.25. The number of fused-ring (bicyclic) bond motifs is 1. The minimum atomic E-state index is -0.169. The second kappa shape index (κ2) is 4.92. The van der Waals surface area contributed by atoms with Crippen molar-refractivity contribution in [3.05, 3.63) is 59.0 Å². The lowest BCUT2D eigenvalue weighted by Gasteiger charge is -2.14. The first-order valence-electron chi connectivity index (χ1n) is 6.70. The summed E-state index contributed by atoms with van der Waals surface area (Å²) >= 11 is 0. The quantitative estimate of drug-likeness (QED) is 0.914. The molecule has 2 aromatic rings. The fraction of sp³-hybridized carbons (Fsp3) is 0.312. The third-order valence-corrected chi connectivity index (χ3v) is 3.72. The first kappa shape index (κ1) is 12.0. The zero-order chi connectivity index (χ0) is 13.2. The lowest BCUT2D eigenvalue weighted by atomic mass is 10.0. The van der Waals surface area contributed by atoms with Crippen molar-refractivity contribution in [2.75, 3.05) is 0 Å². The topological polar surface area (TPSA) is 42.2 Å². The number of hydrogen-bond donors (Lipinski definition) is 1. The van der Waals surface area contributed by atoms with Crippen LogP contribution in [0.15, 0.2) is 41.0 Å². The predicted octanol–water partition coefficient (Wildman–Crippen LogP) is 3.26. The molecule has 1 atom stereocenters. The number of amides is 1. The molecular formula is C16H17NO2. The van der Waals surface area contributed by atoms with E-state index < -0.39 is 0 Å². The monoisotopic (exact) mass is 255 g/mol. The van der Waals surface area contributed by atoms with Crippen molar-refractivity contribution in [3.8, 4) is 0 Å². The van der Waals surface area contributed by atoms with Gasteiger partial charge in [0.25, 0.3) is 5.91 Å². The van der Waals surface area contributed by atoms with Gasteiger partial charge in [-0.25, -0.2) is 0 Å². The highest BCUT2D eigenvalue weighted by Gasteiger charge is 2.16. The van der Waals surface area contributed by atoms with E-state index in [1.807, 2.05) is 6.92 Å². The largest absolute Gasteiger partial charge is 0.459 e. The van der Waals surface area contributed by atoms with E-state index in [1.54, 1.807) is 12.1 Å². The van der Waals surface area contributed by atoms with Crippen molar-refractivity contribution in [1.29, 1.82) is 0 Å². The minimum Gasteiger partial charge on any atom is -0.459 e. The molecule has 1 N–H and O–H groups in total. The average Bonchev–Trinajstić information content (AvgIpc) is 3.09. The SMILES string of the molecule is C[C@H](NC(=O)c1ccco1)c1ccc2c(c1)CCC2. The van der Waals surface area contributed by atoms with Crippen LogP contribution in [-0.2, 0) is 12.8 Å². The Hall–Kier alpha value is -2.03. The van der Waals surface area contributed by atoms with Gasteiger partial charge in [0.15, 0.2) is 5.76 Å². The van der Waals surface area contributed by atoms with Crippen LogP contribution in [0.25, 0.3) is 0 Å². The molecule has 1 aliphatic rings. The molecule has 1 aromatic carbocycles. The smallest absolute Gasteiger partial charge is 0.287 e. The van der Waals surface area contributed by atoms with Gasteiger partial charge in [0, 0.05) is 0 Å². The molecule has 1 heterocycles. The molecule has 3 nitrogen and oxygen atoms in total. The highest BCUT2D eigenvalue weighted by atomic mass is 16.3. The Bertz CT molecular complexity index is 587. The van der Waals surface area contributed by atoms with Gasteiger partial charge in [-0.3, -0.25) is 4.79 Å². The van der Waals surface area contributed by atoms with Crippen LogP contribution < -0.4 is 5.32 Å². The average molecular weight is 255 g/mol. The molecule has 1 aromatic heterocycles. The lowest BCUT2D eigenvalue weighted by molar-refractivity contribution is 0.0912. The number of rotatable bonds is 3. The molecule has 0 fully saturated rings. The van der Waals surface area contributed by atoms with Crippen LogP contribution in [-0.4, -0.2) is 5.91 Å². The van der Waals surface area contributed by atoms with Crippen molar-refractivity contribution >= 4 is 5.91 Å². The first-order valence-corrected chi connectivity index (χ1v) is 6.70. The molecule has 1 amide bonds. The van der Waals surface area contributed by atoms with E-state index in [-0.39, 0.29) is 11.9 Å². The van der Waals surface area contributed by atoms with Gasteiger partial charge >= 0.3 is 0 Å². The Morgan fingerprint density at radius 2 is 2.11 bits per heavy atom. The number of nitrogens with one attached hydrogen (secondary N) is 1. The highest BCUT2D eigenvalue weighted by molar-refractivity contribution is 5.91. The molecule has 0 spiro atoms. The maximum Gasteiger partial charge on any atom is 0.287 e. The Kier molecular flexibility index (Phi) is 3.11. The van der Waals surface area contributed by atoms with Gasteiger partial charge in [0.05, 0.1) is 12.3 Å². The molecule has 0 saturated carbocycles. The Morgan fingerprint density at radius 3 is 2.89 bits per heavy atom. The minimum absolute atomic E-state index is 0.0106. The van der Waals surface area contributed by atoms with Crippen molar-refractivity contribution in [2.45, 2.75) is 32.2 Å². The van der Waals surface area contributed by atoms with Gasteiger partial charge < -0.3 is 9.73 Å². The zero-order valence-electron chi connectivity index (χ0n) is 11.0. The van der Waals surface area contributed by atoms with Crippen LogP contribution in [0.1, 0.15) is 46.6 Å². The van der Waals surface area contributed by atoms with Crippen molar-refractivity contribution in [1.82, 2.24) is 5.32 Å². The van der Waals surface area contributed by atoms with Gasteiger partial charge in [-0.05, 0) is 55.0 Å². The van der Waals surface area contributed by atoms with Crippen molar-refractivity contribution in [2.24, 2.45) is 0 Å². The molecule has 98 valence electrons. The van der Waals surface area contributed by atoms with Crippen LogP contribution in [0.2, 0.25) is 0 Å². The van der Waals surface area contributed by atoms with E-state index in [0.29, 0.717) is 5.76 Å². The molecule has 19 heavy (non-hydrogen) atoms. The maximum absolute atomic E-state index is 11.9. The van der Waals surface area contributed by atoms with Crippen LogP contribution in [0, 0.1) is 0 Å². The standard InChI is InChI=1S/C16H17NO2/c1-11(17-16(18)15-6-3-9-19-15)13-8-7-12-4-2-5-14(12)10-13/h3,6-11H,2,4-5H2,1H3,(H,17,18)/t11-/m0/s1. The van der Waals surface area contributed by atoms with E-state index in [2.05, 4.69) is 23.5 Å². The third kappa shape index (κ3) is 2.41. The predicted molar refractivity (Wildman–Crippen MR) is 73.1 cm³/mol. The van der Waals surface area contributed by atoms with Crippen LogP contribution in [0.4, 0.5) is 0 Å². The van der Waals surface area contributed by atoms with Crippen LogP contribution in [0.3, 0.4) is 0 Å². The van der Waals surface area contributed by atoms with Gasteiger partial charge in [-0.15, -0.1) is 0 Å². The summed E-state index contributed by atoms with van der Waals surface area (Å²) in [4.78, 5) is 11.9. The number of carbonyl (C=O) groups excluding carboxylic acids is 1. The van der Waals surface area contributed by atoms with Crippen molar-refractivity contribution in [3.63, 3.8) is 0 Å².